The highest BCUT2D eigenvalue weighted by atomic mass is 32.2. The molecule has 0 saturated carbocycles. The van der Waals surface area contributed by atoms with E-state index in [2.05, 4.69) is 15.4 Å². The van der Waals surface area contributed by atoms with Gasteiger partial charge in [-0.25, -0.2) is 9.37 Å². The Labute approximate surface area is 141 Å². The molecule has 6 nitrogen and oxygen atoms in total. The number of carbonyl (C=O) groups is 1. The second-order valence-corrected chi connectivity index (χ2v) is 6.60. The topological polar surface area (TPSA) is 64.7 Å². The Bertz CT molecular complexity index is 902. The van der Waals surface area contributed by atoms with Gasteiger partial charge in [0.1, 0.15) is 12.1 Å². The van der Waals surface area contributed by atoms with Gasteiger partial charge in [-0.3, -0.25) is 14.0 Å². The summed E-state index contributed by atoms with van der Waals surface area (Å²) in [5, 5.41) is 6.97. The lowest BCUT2D eigenvalue weighted by Gasteiger charge is -2.16. The van der Waals surface area contributed by atoms with Crippen molar-refractivity contribution < 1.29 is 9.18 Å². The van der Waals surface area contributed by atoms with E-state index in [0.717, 1.165) is 16.9 Å². The maximum Gasteiger partial charge on any atom is 0.235 e. The highest BCUT2D eigenvalue weighted by molar-refractivity contribution is 8.00. The average Bonchev–Trinajstić information content (AvgIpc) is 3.12. The van der Waals surface area contributed by atoms with Crippen LogP contribution in [0.3, 0.4) is 0 Å². The highest BCUT2D eigenvalue weighted by Gasteiger charge is 2.29. The van der Waals surface area contributed by atoms with Crippen molar-refractivity contribution >= 4 is 23.5 Å². The van der Waals surface area contributed by atoms with E-state index in [0.29, 0.717) is 11.6 Å². The molecule has 4 rings (SSSR count). The van der Waals surface area contributed by atoms with Crippen LogP contribution in [-0.2, 0) is 11.8 Å². The van der Waals surface area contributed by atoms with Crippen molar-refractivity contribution in [3.05, 3.63) is 60.1 Å². The Morgan fingerprint density at radius 2 is 2.12 bits per heavy atom. The summed E-state index contributed by atoms with van der Waals surface area (Å²) in [5.41, 5.74) is 2.63. The average molecular weight is 343 g/mol. The Hall–Kier alpha value is -2.61. The molecule has 1 aliphatic heterocycles. The number of thioether (sulfide) groups is 1. The summed E-state index contributed by atoms with van der Waals surface area (Å²) in [6.45, 7) is 0. The summed E-state index contributed by atoms with van der Waals surface area (Å²) < 4.78 is 16.8. The number of imidazole rings is 1. The van der Waals surface area contributed by atoms with Crippen LogP contribution in [0.2, 0.25) is 0 Å². The minimum Gasteiger partial charge on any atom is -0.308 e. The molecule has 0 radical (unpaired) electrons. The number of nitrogens with zero attached hydrogens (tertiary/aromatic N) is 4. The Morgan fingerprint density at radius 3 is 2.83 bits per heavy atom. The monoisotopic (exact) mass is 343 g/mol. The number of rotatable bonds is 2. The van der Waals surface area contributed by atoms with E-state index in [1.54, 1.807) is 29.3 Å². The molecule has 1 aromatic carbocycles. The van der Waals surface area contributed by atoms with E-state index >= 15 is 0 Å². The smallest absolute Gasteiger partial charge is 0.235 e. The summed E-state index contributed by atoms with van der Waals surface area (Å²) in [7, 11) is 1.85. The van der Waals surface area contributed by atoms with Crippen molar-refractivity contribution in [2.24, 2.45) is 7.05 Å². The number of halogens is 1. The first-order chi connectivity index (χ1) is 11.6. The van der Waals surface area contributed by atoms with Gasteiger partial charge in [-0.2, -0.15) is 5.10 Å². The number of fused-ring (bicyclic) bond motifs is 1. The molecule has 0 fully saturated rings. The molecule has 1 N–H and O–H groups in total. The number of hydrogen-bond acceptors (Lipinski definition) is 4. The van der Waals surface area contributed by atoms with Crippen molar-refractivity contribution in [2.75, 3.05) is 11.1 Å². The van der Waals surface area contributed by atoms with E-state index in [4.69, 9.17) is 0 Å². The Kier molecular flexibility index (Phi) is 3.61. The predicted octanol–water partition coefficient (Wildman–Crippen LogP) is 2.52. The third-order valence-corrected chi connectivity index (χ3v) is 5.08. The highest BCUT2D eigenvalue weighted by Crippen LogP contribution is 2.41. The van der Waals surface area contributed by atoms with Crippen LogP contribution in [0.5, 0.6) is 0 Å². The minimum absolute atomic E-state index is 0.0861. The molecule has 24 heavy (non-hydrogen) atoms. The van der Waals surface area contributed by atoms with Gasteiger partial charge in [-0.1, -0.05) is 0 Å². The van der Waals surface area contributed by atoms with Gasteiger partial charge in [0, 0.05) is 24.5 Å². The number of carbonyl (C=O) groups excluding carboxylic acids is 1. The molecule has 0 aliphatic carbocycles. The predicted molar refractivity (Wildman–Crippen MR) is 89.7 cm³/mol. The van der Waals surface area contributed by atoms with Crippen molar-refractivity contribution in [2.45, 2.75) is 5.25 Å². The third kappa shape index (κ3) is 2.58. The fraction of sp³-hybridized carbons (Fsp3) is 0.188. The zero-order valence-electron chi connectivity index (χ0n) is 12.8. The van der Waals surface area contributed by atoms with Crippen LogP contribution < -0.4 is 5.32 Å². The molecular weight excluding hydrogens is 329 g/mol. The quantitative estimate of drug-likeness (QED) is 0.776. The molecular formula is C16H14FN5OS. The second-order valence-electron chi connectivity index (χ2n) is 5.51. The molecule has 8 heteroatoms. The van der Waals surface area contributed by atoms with E-state index < -0.39 is 0 Å². The van der Waals surface area contributed by atoms with Crippen molar-refractivity contribution in [3.8, 4) is 5.69 Å². The van der Waals surface area contributed by atoms with Crippen LogP contribution >= 0.6 is 11.8 Å². The molecule has 0 saturated heterocycles. The molecule has 0 bridgehead atoms. The van der Waals surface area contributed by atoms with Crippen LogP contribution in [-0.4, -0.2) is 31.0 Å². The normalized spacial score (nSPS) is 17.2. The number of hydrogen-bond donors (Lipinski definition) is 1. The number of aromatic nitrogens is 4. The van der Waals surface area contributed by atoms with Gasteiger partial charge in [0.25, 0.3) is 0 Å². The minimum atomic E-state index is -0.295. The summed E-state index contributed by atoms with van der Waals surface area (Å²) in [5.74, 6) is 0.482. The molecule has 1 amide bonds. The number of benzene rings is 1. The zero-order valence-corrected chi connectivity index (χ0v) is 13.6. The van der Waals surface area contributed by atoms with Gasteiger partial charge in [-0.15, -0.1) is 11.8 Å². The zero-order chi connectivity index (χ0) is 16.7. The molecule has 1 aliphatic rings. The number of aryl methyl sites for hydroxylation is 1. The third-order valence-electron chi connectivity index (χ3n) is 3.82. The molecule has 122 valence electrons. The van der Waals surface area contributed by atoms with E-state index in [1.165, 1.54) is 23.9 Å². The summed E-state index contributed by atoms with van der Waals surface area (Å²) >= 11 is 1.52. The van der Waals surface area contributed by atoms with Gasteiger partial charge in [-0.05, 0) is 24.3 Å². The molecule has 3 aromatic rings. The van der Waals surface area contributed by atoms with Crippen LogP contribution in [0.1, 0.15) is 16.5 Å². The molecule has 1 atom stereocenters. The van der Waals surface area contributed by atoms with Crippen molar-refractivity contribution in [1.29, 1.82) is 0 Å². The summed E-state index contributed by atoms with van der Waals surface area (Å²) in [6.07, 6.45) is 5.37. The molecule has 3 heterocycles. The number of amides is 1. The maximum atomic E-state index is 13.2. The second kappa shape index (κ2) is 5.79. The largest absolute Gasteiger partial charge is 0.308 e. The Morgan fingerprint density at radius 1 is 1.33 bits per heavy atom. The lowest BCUT2D eigenvalue weighted by atomic mass is 10.1. The fourth-order valence-corrected chi connectivity index (χ4v) is 3.84. The van der Waals surface area contributed by atoms with E-state index in [-0.39, 0.29) is 17.0 Å². The van der Waals surface area contributed by atoms with Gasteiger partial charge >= 0.3 is 0 Å². The first kappa shape index (κ1) is 14.9. The van der Waals surface area contributed by atoms with Crippen LogP contribution in [0.4, 0.5) is 10.2 Å². The fourth-order valence-electron chi connectivity index (χ4n) is 2.75. The van der Waals surface area contributed by atoms with Gasteiger partial charge in [0.2, 0.25) is 5.91 Å². The number of anilines is 1. The van der Waals surface area contributed by atoms with E-state index in [9.17, 15) is 9.18 Å². The molecule has 1 unspecified atom stereocenters. The SMILES string of the molecule is Cn1cc(C2SCC(=O)Nc3ncn(-c4ccc(F)cc4)c32)cn1. The van der Waals surface area contributed by atoms with Crippen LogP contribution in [0, 0.1) is 5.82 Å². The van der Waals surface area contributed by atoms with E-state index in [1.807, 2.05) is 17.8 Å². The lowest BCUT2D eigenvalue weighted by molar-refractivity contribution is -0.113. The van der Waals surface area contributed by atoms with Gasteiger partial charge in [0.15, 0.2) is 5.82 Å². The standard InChI is InChI=1S/C16H14FN5OS/c1-21-7-10(6-19-21)15-14-16(20-13(23)8-24-15)18-9-22(14)12-4-2-11(17)3-5-12/h2-7,9,15H,8H2,1H3,(H,20,23). The summed E-state index contributed by atoms with van der Waals surface area (Å²) in [6, 6.07) is 6.19. The lowest BCUT2D eigenvalue weighted by Crippen LogP contribution is -2.12. The van der Waals surface area contributed by atoms with Gasteiger partial charge < -0.3 is 5.32 Å². The van der Waals surface area contributed by atoms with Crippen molar-refractivity contribution in [1.82, 2.24) is 19.3 Å². The van der Waals surface area contributed by atoms with Crippen molar-refractivity contribution in [3.63, 3.8) is 0 Å². The van der Waals surface area contributed by atoms with Crippen LogP contribution in [0.15, 0.2) is 43.0 Å². The van der Waals surface area contributed by atoms with Gasteiger partial charge in [0.05, 0.1) is 22.9 Å². The molecule has 2 aromatic heterocycles. The first-order valence-electron chi connectivity index (χ1n) is 7.35. The number of nitrogens with one attached hydrogen (secondary N) is 1. The molecule has 0 spiro atoms. The summed E-state index contributed by atoms with van der Waals surface area (Å²) in [4.78, 5) is 16.3. The van der Waals surface area contributed by atoms with Crippen LogP contribution in [0.25, 0.3) is 5.69 Å². The maximum absolute atomic E-state index is 13.2. The Balaban J connectivity index is 1.87. The first-order valence-corrected chi connectivity index (χ1v) is 8.40.